The SMILES string of the molecule is CC(C)Oc1ccc(S(=O)(=O)c2cc(Br)c(OCC=C(Cl)Cl)c(Br)c2)cc1. The topological polar surface area (TPSA) is 52.6 Å². The van der Waals surface area contributed by atoms with Crippen molar-refractivity contribution >= 4 is 64.9 Å². The number of sulfone groups is 1. The molecular formula is C18H16Br2Cl2O4S. The van der Waals surface area contributed by atoms with Crippen molar-refractivity contribution in [1.82, 2.24) is 0 Å². The molecule has 0 radical (unpaired) electrons. The summed E-state index contributed by atoms with van der Waals surface area (Å²) in [6, 6.07) is 9.28. The number of hydrogen-bond acceptors (Lipinski definition) is 4. The molecule has 0 saturated heterocycles. The van der Waals surface area contributed by atoms with Gasteiger partial charge in [-0.2, -0.15) is 0 Å². The number of ether oxygens (including phenoxy) is 2. The van der Waals surface area contributed by atoms with Crippen LogP contribution >= 0.6 is 55.1 Å². The van der Waals surface area contributed by atoms with Crippen LogP contribution in [0.1, 0.15) is 13.8 Å². The number of rotatable bonds is 7. The van der Waals surface area contributed by atoms with E-state index in [0.29, 0.717) is 20.4 Å². The Balaban J connectivity index is 2.32. The van der Waals surface area contributed by atoms with E-state index < -0.39 is 9.84 Å². The van der Waals surface area contributed by atoms with Crippen LogP contribution in [0.3, 0.4) is 0 Å². The summed E-state index contributed by atoms with van der Waals surface area (Å²) in [5, 5.41) is 0. The molecule has 2 rings (SSSR count). The first-order valence-corrected chi connectivity index (χ1v) is 11.6. The van der Waals surface area contributed by atoms with Crippen LogP contribution in [-0.4, -0.2) is 21.1 Å². The van der Waals surface area contributed by atoms with Crippen LogP contribution in [0.4, 0.5) is 0 Å². The van der Waals surface area contributed by atoms with E-state index in [1.165, 1.54) is 30.3 Å². The van der Waals surface area contributed by atoms with Gasteiger partial charge in [0.2, 0.25) is 9.84 Å². The van der Waals surface area contributed by atoms with Gasteiger partial charge in [-0.1, -0.05) is 23.2 Å². The molecular weight excluding hydrogens is 543 g/mol. The molecule has 9 heteroatoms. The molecule has 2 aromatic rings. The summed E-state index contributed by atoms with van der Waals surface area (Å²) in [6.07, 6.45) is 1.49. The number of benzene rings is 2. The molecule has 0 saturated carbocycles. The Morgan fingerprint density at radius 3 is 2.11 bits per heavy atom. The van der Waals surface area contributed by atoms with Gasteiger partial charge in [0.15, 0.2) is 0 Å². The zero-order valence-corrected chi connectivity index (χ0v) is 19.9. The lowest BCUT2D eigenvalue weighted by atomic mass is 10.3. The third-order valence-electron chi connectivity index (χ3n) is 3.25. The van der Waals surface area contributed by atoms with Gasteiger partial charge < -0.3 is 9.47 Å². The fourth-order valence-electron chi connectivity index (χ4n) is 2.12. The van der Waals surface area contributed by atoms with Crippen LogP contribution < -0.4 is 9.47 Å². The molecule has 4 nitrogen and oxygen atoms in total. The van der Waals surface area contributed by atoms with E-state index in [0.717, 1.165) is 0 Å². The second-order valence-corrected chi connectivity index (χ2v) is 10.3. The predicted octanol–water partition coefficient (Wildman–Crippen LogP) is 6.53. The Kier molecular flexibility index (Phi) is 8.06. The maximum absolute atomic E-state index is 12.9. The lowest BCUT2D eigenvalue weighted by Crippen LogP contribution is -2.06. The highest BCUT2D eigenvalue weighted by molar-refractivity contribution is 9.11. The van der Waals surface area contributed by atoms with Crippen LogP contribution in [0.25, 0.3) is 0 Å². The van der Waals surface area contributed by atoms with Gasteiger partial charge in [-0.3, -0.25) is 0 Å². The molecule has 0 heterocycles. The van der Waals surface area contributed by atoms with Crippen molar-refractivity contribution in [2.24, 2.45) is 0 Å². The molecule has 0 unspecified atom stereocenters. The minimum Gasteiger partial charge on any atom is -0.491 e. The molecule has 0 spiro atoms. The first-order valence-electron chi connectivity index (χ1n) is 7.76. The largest absolute Gasteiger partial charge is 0.491 e. The minimum absolute atomic E-state index is 0.00967. The molecule has 0 aliphatic rings. The molecule has 0 bridgehead atoms. The highest BCUT2D eigenvalue weighted by Gasteiger charge is 2.21. The van der Waals surface area contributed by atoms with Crippen molar-refractivity contribution < 1.29 is 17.9 Å². The van der Waals surface area contributed by atoms with Gasteiger partial charge in [0.1, 0.15) is 22.6 Å². The van der Waals surface area contributed by atoms with E-state index in [1.807, 2.05) is 13.8 Å². The zero-order chi connectivity index (χ0) is 20.2. The first-order chi connectivity index (χ1) is 12.6. The van der Waals surface area contributed by atoms with Gasteiger partial charge in [0.05, 0.1) is 24.8 Å². The average Bonchev–Trinajstić information content (AvgIpc) is 2.56. The van der Waals surface area contributed by atoms with Gasteiger partial charge in [0, 0.05) is 0 Å². The maximum Gasteiger partial charge on any atom is 0.206 e. The molecule has 0 aromatic heterocycles. The van der Waals surface area contributed by atoms with Crippen molar-refractivity contribution in [2.75, 3.05) is 6.61 Å². The van der Waals surface area contributed by atoms with Gasteiger partial charge in [-0.25, -0.2) is 8.42 Å². The maximum atomic E-state index is 12.9. The summed E-state index contributed by atoms with van der Waals surface area (Å²) in [5.74, 6) is 1.06. The molecule has 0 N–H and O–H groups in total. The Labute approximate surface area is 185 Å². The highest BCUT2D eigenvalue weighted by Crippen LogP contribution is 2.37. The Bertz CT molecular complexity index is 915. The molecule has 2 aromatic carbocycles. The van der Waals surface area contributed by atoms with Crippen LogP contribution in [-0.2, 0) is 9.84 Å². The molecule has 146 valence electrons. The second-order valence-electron chi connectivity index (χ2n) is 5.66. The first kappa shape index (κ1) is 22.6. The lowest BCUT2D eigenvalue weighted by Gasteiger charge is -2.13. The lowest BCUT2D eigenvalue weighted by molar-refractivity contribution is 0.242. The average molecular weight is 559 g/mol. The summed E-state index contributed by atoms with van der Waals surface area (Å²) in [5.41, 5.74) is 0. The smallest absolute Gasteiger partial charge is 0.206 e. The van der Waals surface area contributed by atoms with Gasteiger partial charge in [0.25, 0.3) is 0 Å². The summed E-state index contributed by atoms with van der Waals surface area (Å²) >= 11 is 17.8. The standard InChI is InChI=1S/C18H16Br2Cl2O4S/c1-11(2)26-12-3-5-13(6-4-12)27(23,24)14-9-15(19)18(16(20)10-14)25-8-7-17(21)22/h3-7,9-11H,8H2,1-2H3. The molecule has 0 fully saturated rings. The second kappa shape index (κ2) is 9.65. The van der Waals surface area contributed by atoms with E-state index in [2.05, 4.69) is 31.9 Å². The highest BCUT2D eigenvalue weighted by atomic mass is 79.9. The third kappa shape index (κ3) is 6.12. The quantitative estimate of drug-likeness (QED) is 0.388. The summed E-state index contributed by atoms with van der Waals surface area (Å²) in [4.78, 5) is 0.292. The Hall–Kier alpha value is -0.730. The fraction of sp³-hybridized carbons (Fsp3) is 0.222. The van der Waals surface area contributed by atoms with Crippen LogP contribution in [0.15, 0.2) is 65.7 Å². The molecule has 0 atom stereocenters. The third-order valence-corrected chi connectivity index (χ3v) is 6.49. The van der Waals surface area contributed by atoms with Gasteiger partial charge >= 0.3 is 0 Å². The van der Waals surface area contributed by atoms with Gasteiger partial charge in [-0.15, -0.1) is 0 Å². The van der Waals surface area contributed by atoms with Crippen LogP contribution in [0, 0.1) is 0 Å². The van der Waals surface area contributed by atoms with Crippen molar-refractivity contribution in [2.45, 2.75) is 29.7 Å². The molecule has 0 aliphatic carbocycles. The Morgan fingerprint density at radius 1 is 1.07 bits per heavy atom. The van der Waals surface area contributed by atoms with E-state index >= 15 is 0 Å². The van der Waals surface area contributed by atoms with Gasteiger partial charge in [-0.05, 0) is 88.2 Å². The molecule has 0 aliphatic heterocycles. The normalized spacial score (nSPS) is 11.4. The van der Waals surface area contributed by atoms with Crippen molar-refractivity contribution in [3.63, 3.8) is 0 Å². The summed E-state index contributed by atoms with van der Waals surface area (Å²) in [6.45, 7) is 3.95. The molecule has 27 heavy (non-hydrogen) atoms. The monoisotopic (exact) mass is 556 g/mol. The van der Waals surface area contributed by atoms with Crippen LogP contribution in [0.5, 0.6) is 11.5 Å². The minimum atomic E-state index is -3.71. The van der Waals surface area contributed by atoms with E-state index in [4.69, 9.17) is 32.7 Å². The van der Waals surface area contributed by atoms with E-state index in [-0.39, 0.29) is 27.0 Å². The zero-order valence-electron chi connectivity index (χ0n) is 14.4. The van der Waals surface area contributed by atoms with Crippen LogP contribution in [0.2, 0.25) is 0 Å². The van der Waals surface area contributed by atoms with Crippen molar-refractivity contribution in [1.29, 1.82) is 0 Å². The number of hydrogen-bond donors (Lipinski definition) is 0. The summed E-state index contributed by atoms with van der Waals surface area (Å²) in [7, 11) is -3.71. The van der Waals surface area contributed by atoms with Crippen molar-refractivity contribution in [3.8, 4) is 11.5 Å². The van der Waals surface area contributed by atoms with E-state index in [9.17, 15) is 8.42 Å². The fourth-order valence-corrected chi connectivity index (χ4v) is 5.28. The predicted molar refractivity (Wildman–Crippen MR) is 115 cm³/mol. The summed E-state index contributed by atoms with van der Waals surface area (Å²) < 4.78 is 38.0. The molecule has 0 amide bonds. The number of halogens is 4. The van der Waals surface area contributed by atoms with Crippen molar-refractivity contribution in [3.05, 3.63) is 55.9 Å². The Morgan fingerprint density at radius 2 is 1.63 bits per heavy atom. The van der Waals surface area contributed by atoms with E-state index in [1.54, 1.807) is 12.1 Å².